The molecule has 0 nitrogen and oxygen atoms in total. The molecule has 0 aromatic heterocycles. The molecule has 0 aliphatic carbocycles. The Morgan fingerprint density at radius 3 is 2.33 bits per heavy atom. The van der Waals surface area contributed by atoms with E-state index in [4.69, 9.17) is 0 Å². The summed E-state index contributed by atoms with van der Waals surface area (Å²) in [6.07, 6.45) is 2.29. The van der Waals surface area contributed by atoms with E-state index in [-0.39, 0.29) is 8.80 Å². The Balaban J connectivity index is 3.16. The second kappa shape index (κ2) is 5.91. The zero-order chi connectivity index (χ0) is 7.11. The van der Waals surface area contributed by atoms with Crippen LogP contribution in [0.5, 0.6) is 0 Å². The maximum Gasteiger partial charge on any atom is 0.0443 e. The van der Waals surface area contributed by atoms with E-state index in [1.165, 1.54) is 12.5 Å². The predicted molar refractivity (Wildman–Crippen MR) is 46.4 cm³/mol. The van der Waals surface area contributed by atoms with Gasteiger partial charge in [-0.2, -0.15) is 0 Å². The molecule has 0 aliphatic heterocycles. The van der Waals surface area contributed by atoms with Gasteiger partial charge in [-0.15, -0.1) is 11.8 Å². The van der Waals surface area contributed by atoms with Crippen molar-refractivity contribution in [3.63, 3.8) is 0 Å². The van der Waals surface area contributed by atoms with Crippen molar-refractivity contribution in [2.75, 3.05) is 0 Å². The van der Waals surface area contributed by atoms with Crippen LogP contribution in [0.3, 0.4) is 0 Å². The molecule has 0 heterocycles. The van der Waals surface area contributed by atoms with Gasteiger partial charge in [0.2, 0.25) is 0 Å². The van der Waals surface area contributed by atoms with Crippen LogP contribution < -0.4 is 0 Å². The van der Waals surface area contributed by atoms with Crippen LogP contribution in [0, 0.1) is 11.8 Å². The van der Waals surface area contributed by atoms with Crippen molar-refractivity contribution in [1.29, 1.82) is 0 Å². The average molecular weight is 140 g/mol. The van der Waals surface area contributed by atoms with Crippen molar-refractivity contribution in [2.45, 2.75) is 38.9 Å². The second-order valence-corrected chi connectivity index (χ2v) is 5.90. The monoisotopic (exact) mass is 140 g/mol. The molecule has 0 saturated heterocycles. The van der Waals surface area contributed by atoms with Gasteiger partial charge in [0.25, 0.3) is 0 Å². The van der Waals surface area contributed by atoms with Crippen molar-refractivity contribution in [3.05, 3.63) is 0 Å². The van der Waals surface area contributed by atoms with E-state index < -0.39 is 0 Å². The quantitative estimate of drug-likeness (QED) is 0.408. The molecule has 0 unspecified atom stereocenters. The van der Waals surface area contributed by atoms with Crippen LogP contribution in [0.25, 0.3) is 0 Å². The Morgan fingerprint density at radius 2 is 1.89 bits per heavy atom. The predicted octanol–water partition coefficient (Wildman–Crippen LogP) is 2.28. The van der Waals surface area contributed by atoms with Crippen molar-refractivity contribution < 1.29 is 0 Å². The lowest BCUT2D eigenvalue weighted by Gasteiger charge is -1.89. The van der Waals surface area contributed by atoms with Crippen LogP contribution in [-0.4, -0.2) is 8.80 Å². The lowest BCUT2D eigenvalue weighted by Crippen LogP contribution is -1.94. The van der Waals surface area contributed by atoms with Gasteiger partial charge in [0.05, 0.1) is 0 Å². The van der Waals surface area contributed by atoms with Crippen LogP contribution in [0.4, 0.5) is 0 Å². The molecule has 0 rings (SSSR count). The number of unbranched alkanes of at least 4 members (excludes halogenated alkanes) is 1. The zero-order valence-electron chi connectivity index (χ0n) is 6.70. The third-order valence-corrected chi connectivity index (χ3v) is 2.03. The van der Waals surface area contributed by atoms with Gasteiger partial charge in [0.15, 0.2) is 0 Å². The number of hydrogen-bond donors (Lipinski definition) is 0. The molecule has 0 saturated carbocycles. The highest BCUT2D eigenvalue weighted by molar-refractivity contribution is 6.56. The van der Waals surface area contributed by atoms with E-state index >= 15 is 0 Å². The van der Waals surface area contributed by atoms with Crippen LogP contribution in [0.1, 0.15) is 19.8 Å². The van der Waals surface area contributed by atoms with Gasteiger partial charge in [-0.3, -0.25) is 0 Å². The summed E-state index contributed by atoms with van der Waals surface area (Å²) >= 11 is 0. The van der Waals surface area contributed by atoms with E-state index in [1.54, 1.807) is 0 Å². The smallest absolute Gasteiger partial charge is 0.0443 e. The van der Waals surface area contributed by atoms with Gasteiger partial charge in [0.1, 0.15) is 0 Å². The summed E-state index contributed by atoms with van der Waals surface area (Å²) in [5, 5.41) is 0. The Morgan fingerprint density at radius 1 is 1.22 bits per heavy atom. The summed E-state index contributed by atoms with van der Waals surface area (Å²) < 4.78 is 0. The number of rotatable bonds is 2. The molecule has 0 aromatic carbocycles. The molecule has 52 valence electrons. The first kappa shape index (κ1) is 8.78. The van der Waals surface area contributed by atoms with Crippen molar-refractivity contribution in [3.8, 4) is 11.8 Å². The minimum Gasteiger partial charge on any atom is -0.107 e. The summed E-state index contributed by atoms with van der Waals surface area (Å²) in [5.41, 5.74) is 0. The summed E-state index contributed by atoms with van der Waals surface area (Å²) in [5.74, 6) is 6.35. The summed E-state index contributed by atoms with van der Waals surface area (Å²) in [7, 11) is -0.387. The van der Waals surface area contributed by atoms with Crippen molar-refractivity contribution >= 4 is 8.80 Å². The average Bonchev–Trinajstić information content (AvgIpc) is 1.80. The highest BCUT2D eigenvalue weighted by Crippen LogP contribution is 1.88. The fourth-order valence-electron chi connectivity index (χ4n) is 0.490. The molecular weight excluding hydrogens is 124 g/mol. The van der Waals surface area contributed by atoms with Gasteiger partial charge >= 0.3 is 0 Å². The minimum absolute atomic E-state index is 0.387. The summed E-state index contributed by atoms with van der Waals surface area (Å²) in [6, 6.07) is 1.19. The lowest BCUT2D eigenvalue weighted by atomic mass is 10.3. The second-order valence-electron chi connectivity index (χ2n) is 2.70. The van der Waals surface area contributed by atoms with Gasteiger partial charge in [-0.25, -0.2) is 0 Å². The molecule has 0 radical (unpaired) electrons. The molecule has 0 N–H and O–H groups in total. The fourth-order valence-corrected chi connectivity index (χ4v) is 1.04. The van der Waals surface area contributed by atoms with Gasteiger partial charge in [0, 0.05) is 21.3 Å². The molecule has 0 bridgehead atoms. The van der Waals surface area contributed by atoms with Crippen LogP contribution in [0.15, 0.2) is 0 Å². The minimum atomic E-state index is -0.387. The molecule has 0 aromatic rings. The zero-order valence-corrected chi connectivity index (χ0v) is 7.85. The number of hydrogen-bond acceptors (Lipinski definition) is 0. The molecule has 0 atom stereocenters. The van der Waals surface area contributed by atoms with E-state index in [0.717, 1.165) is 6.42 Å². The molecule has 0 fully saturated rings. The topological polar surface area (TPSA) is 0 Å². The molecular formula is C8H16Si. The van der Waals surface area contributed by atoms with E-state index in [9.17, 15) is 0 Å². The Hall–Kier alpha value is -0.223. The van der Waals surface area contributed by atoms with Gasteiger partial charge < -0.3 is 0 Å². The van der Waals surface area contributed by atoms with E-state index in [2.05, 4.69) is 31.9 Å². The van der Waals surface area contributed by atoms with E-state index in [0.29, 0.717) is 0 Å². The largest absolute Gasteiger partial charge is 0.107 e. The highest BCUT2D eigenvalue weighted by Gasteiger charge is 1.87. The first-order valence-corrected chi connectivity index (χ1v) is 6.85. The maximum atomic E-state index is 3.20. The molecule has 0 amide bonds. The standard InChI is InChI=1S/C8H16Si/c1-4-5-6-7-8-9(2)3/h9H,4-5,8H2,1-3H3. The summed E-state index contributed by atoms with van der Waals surface area (Å²) in [4.78, 5) is 0. The van der Waals surface area contributed by atoms with Crippen LogP contribution in [0.2, 0.25) is 19.1 Å². The van der Waals surface area contributed by atoms with Crippen LogP contribution >= 0.6 is 0 Å². The Labute approximate surface area is 60.3 Å². The molecule has 0 spiro atoms. The van der Waals surface area contributed by atoms with Crippen LogP contribution in [-0.2, 0) is 0 Å². The first-order valence-electron chi connectivity index (χ1n) is 3.73. The highest BCUT2D eigenvalue weighted by atomic mass is 28.3. The summed E-state index contributed by atoms with van der Waals surface area (Å²) in [6.45, 7) is 6.84. The third-order valence-electron chi connectivity index (χ3n) is 1.01. The maximum absolute atomic E-state index is 3.20. The SMILES string of the molecule is CCCC#CC[SiH](C)C. The third kappa shape index (κ3) is 7.78. The van der Waals surface area contributed by atoms with Gasteiger partial charge in [-0.05, 0) is 6.42 Å². The van der Waals surface area contributed by atoms with Crippen molar-refractivity contribution in [1.82, 2.24) is 0 Å². The molecule has 0 aliphatic rings. The Kier molecular flexibility index (Phi) is 5.76. The Bertz CT molecular complexity index is 105. The molecule has 1 heteroatoms. The van der Waals surface area contributed by atoms with Gasteiger partial charge in [-0.1, -0.05) is 20.0 Å². The molecule has 9 heavy (non-hydrogen) atoms. The first-order chi connectivity index (χ1) is 4.27. The lowest BCUT2D eigenvalue weighted by molar-refractivity contribution is 0.983. The normalized spacial score (nSPS) is 8.89. The van der Waals surface area contributed by atoms with E-state index in [1.807, 2.05) is 0 Å². The fraction of sp³-hybridized carbons (Fsp3) is 0.750. The van der Waals surface area contributed by atoms with Crippen molar-refractivity contribution in [2.24, 2.45) is 0 Å².